The molecule has 1 unspecified atom stereocenters. The fraction of sp³-hybridized carbons (Fsp3) is 0.414. The lowest BCUT2D eigenvalue weighted by molar-refractivity contribution is 0.152. The number of benzene rings is 1. The summed E-state index contributed by atoms with van der Waals surface area (Å²) in [6, 6.07) is 10.6. The van der Waals surface area contributed by atoms with E-state index in [1.165, 1.54) is 16.7 Å². The van der Waals surface area contributed by atoms with Crippen LogP contribution in [0.1, 0.15) is 62.6 Å². The van der Waals surface area contributed by atoms with Crippen LogP contribution < -0.4 is 4.90 Å². The van der Waals surface area contributed by atoms with E-state index in [4.69, 9.17) is 9.97 Å². The summed E-state index contributed by atoms with van der Waals surface area (Å²) in [6.45, 7) is 10.6. The fourth-order valence-electron chi connectivity index (χ4n) is 4.75. The van der Waals surface area contributed by atoms with Gasteiger partial charge >= 0.3 is 0 Å². The summed E-state index contributed by atoms with van der Waals surface area (Å²) in [4.78, 5) is 16.2. The molecule has 4 aromatic rings. The Bertz CT molecular complexity index is 1320. The second kappa shape index (κ2) is 10.2. The molecule has 1 N–H and O–H groups in total. The molecule has 0 aliphatic carbocycles. The van der Waals surface area contributed by atoms with Crippen molar-refractivity contribution < 1.29 is 5.11 Å². The standard InChI is InChI=1S/C29H37N5O/c1-8-20-11-10-12-21(9-2)28(20)24-15-22-23(26(35)13-18(3)4)17-34(25(22)16-30-24)27-14-19(5)31-29(32-27)33(6)7/h10-12,14-18,26,35H,8-9,13H2,1-7H3. The summed E-state index contributed by atoms with van der Waals surface area (Å²) in [5.74, 6) is 1.80. The zero-order valence-corrected chi connectivity index (χ0v) is 22.0. The second-order valence-corrected chi connectivity index (χ2v) is 9.91. The zero-order chi connectivity index (χ0) is 25.3. The van der Waals surface area contributed by atoms with Gasteiger partial charge in [0, 0.05) is 48.6 Å². The lowest BCUT2D eigenvalue weighted by Crippen LogP contribution is -2.14. The van der Waals surface area contributed by atoms with Gasteiger partial charge in [-0.2, -0.15) is 4.98 Å². The van der Waals surface area contributed by atoms with Gasteiger partial charge in [0.1, 0.15) is 5.82 Å². The quantitative estimate of drug-likeness (QED) is 0.338. The predicted molar refractivity (Wildman–Crippen MR) is 144 cm³/mol. The van der Waals surface area contributed by atoms with E-state index in [1.54, 1.807) is 0 Å². The average Bonchev–Trinajstić information content (AvgIpc) is 3.21. The van der Waals surface area contributed by atoms with Crippen LogP contribution in [0.15, 0.2) is 42.7 Å². The van der Waals surface area contributed by atoms with E-state index in [9.17, 15) is 5.11 Å². The highest BCUT2D eigenvalue weighted by Crippen LogP contribution is 2.35. The van der Waals surface area contributed by atoms with Crippen LogP contribution in [0.4, 0.5) is 5.95 Å². The Hall–Kier alpha value is -3.25. The molecule has 0 saturated heterocycles. The predicted octanol–water partition coefficient (Wildman–Crippen LogP) is 6.06. The van der Waals surface area contributed by atoms with Gasteiger partial charge in [0.25, 0.3) is 0 Å². The first-order valence-corrected chi connectivity index (χ1v) is 12.6. The Morgan fingerprint density at radius 1 is 1.03 bits per heavy atom. The summed E-state index contributed by atoms with van der Waals surface area (Å²) in [7, 11) is 3.88. The van der Waals surface area contributed by atoms with Gasteiger partial charge in [-0.25, -0.2) is 4.98 Å². The molecule has 0 fully saturated rings. The van der Waals surface area contributed by atoms with E-state index in [0.717, 1.165) is 46.5 Å². The van der Waals surface area contributed by atoms with Crippen molar-refractivity contribution in [1.29, 1.82) is 0 Å². The molecule has 3 heterocycles. The van der Waals surface area contributed by atoms with Crippen molar-refractivity contribution in [2.24, 2.45) is 5.92 Å². The molecule has 3 aromatic heterocycles. The Kier molecular flexibility index (Phi) is 7.22. The van der Waals surface area contributed by atoms with Crippen molar-refractivity contribution in [2.45, 2.75) is 60.0 Å². The number of pyridine rings is 1. The Morgan fingerprint density at radius 3 is 2.31 bits per heavy atom. The molecular weight excluding hydrogens is 434 g/mol. The SMILES string of the molecule is CCc1cccc(CC)c1-c1cc2c(C(O)CC(C)C)cn(-c3cc(C)nc(N(C)C)n3)c2cn1. The number of rotatable bonds is 8. The maximum Gasteiger partial charge on any atom is 0.227 e. The van der Waals surface area contributed by atoms with Gasteiger partial charge < -0.3 is 10.0 Å². The van der Waals surface area contributed by atoms with Crippen molar-refractivity contribution >= 4 is 16.9 Å². The van der Waals surface area contributed by atoms with Crippen LogP contribution in [0.25, 0.3) is 28.0 Å². The lowest BCUT2D eigenvalue weighted by atomic mass is 9.93. The van der Waals surface area contributed by atoms with Crippen LogP contribution >= 0.6 is 0 Å². The molecule has 1 aromatic carbocycles. The average molecular weight is 472 g/mol. The third kappa shape index (κ3) is 4.94. The molecule has 0 aliphatic heterocycles. The smallest absolute Gasteiger partial charge is 0.227 e. The number of fused-ring (bicyclic) bond motifs is 1. The van der Waals surface area contributed by atoms with E-state index in [0.29, 0.717) is 18.3 Å². The van der Waals surface area contributed by atoms with E-state index >= 15 is 0 Å². The molecule has 6 nitrogen and oxygen atoms in total. The highest BCUT2D eigenvalue weighted by Gasteiger charge is 2.21. The highest BCUT2D eigenvalue weighted by atomic mass is 16.3. The van der Waals surface area contributed by atoms with Gasteiger partial charge in [0.15, 0.2) is 0 Å². The van der Waals surface area contributed by atoms with Crippen LogP contribution in [0, 0.1) is 12.8 Å². The van der Waals surface area contributed by atoms with Gasteiger partial charge in [0.05, 0.1) is 23.5 Å². The largest absolute Gasteiger partial charge is 0.388 e. The summed E-state index contributed by atoms with van der Waals surface area (Å²) < 4.78 is 2.04. The molecule has 184 valence electrons. The molecule has 35 heavy (non-hydrogen) atoms. The molecule has 0 radical (unpaired) electrons. The molecule has 0 spiro atoms. The highest BCUT2D eigenvalue weighted by molar-refractivity contribution is 5.89. The molecule has 1 atom stereocenters. The van der Waals surface area contributed by atoms with Gasteiger partial charge in [0.2, 0.25) is 5.95 Å². The third-order valence-electron chi connectivity index (χ3n) is 6.51. The third-order valence-corrected chi connectivity index (χ3v) is 6.51. The summed E-state index contributed by atoms with van der Waals surface area (Å²) in [5, 5.41) is 12.2. The van der Waals surface area contributed by atoms with Crippen molar-refractivity contribution in [1.82, 2.24) is 19.5 Å². The maximum absolute atomic E-state index is 11.2. The first kappa shape index (κ1) is 24.9. The number of aromatic nitrogens is 4. The molecule has 0 amide bonds. The monoisotopic (exact) mass is 471 g/mol. The van der Waals surface area contributed by atoms with Crippen LogP contribution in [-0.2, 0) is 12.8 Å². The second-order valence-electron chi connectivity index (χ2n) is 9.91. The van der Waals surface area contributed by atoms with E-state index in [2.05, 4.69) is 56.9 Å². The van der Waals surface area contributed by atoms with E-state index in [-0.39, 0.29) is 0 Å². The minimum atomic E-state index is -0.572. The van der Waals surface area contributed by atoms with Gasteiger partial charge in [-0.3, -0.25) is 9.55 Å². The molecule has 0 saturated carbocycles. The molecule has 0 aliphatic rings. The Labute approximate surface area is 208 Å². The number of hydrogen-bond acceptors (Lipinski definition) is 5. The zero-order valence-electron chi connectivity index (χ0n) is 22.0. The number of anilines is 1. The maximum atomic E-state index is 11.2. The number of aliphatic hydroxyl groups excluding tert-OH is 1. The minimum absolute atomic E-state index is 0.374. The number of aryl methyl sites for hydroxylation is 3. The summed E-state index contributed by atoms with van der Waals surface area (Å²) in [6.07, 6.45) is 5.96. The van der Waals surface area contributed by atoms with Gasteiger partial charge in [-0.05, 0) is 49.3 Å². The Morgan fingerprint density at radius 2 is 1.71 bits per heavy atom. The van der Waals surface area contributed by atoms with Gasteiger partial charge in [-0.15, -0.1) is 0 Å². The topological polar surface area (TPSA) is 67.1 Å². The van der Waals surface area contributed by atoms with Crippen molar-refractivity contribution in [2.75, 3.05) is 19.0 Å². The fourth-order valence-corrected chi connectivity index (χ4v) is 4.75. The van der Waals surface area contributed by atoms with E-state index in [1.807, 2.05) is 48.9 Å². The molecule has 6 heteroatoms. The summed E-state index contributed by atoms with van der Waals surface area (Å²) in [5.41, 5.74) is 7.48. The number of aliphatic hydroxyl groups is 1. The lowest BCUT2D eigenvalue weighted by Gasteiger charge is -2.15. The minimum Gasteiger partial charge on any atom is -0.388 e. The van der Waals surface area contributed by atoms with E-state index < -0.39 is 6.10 Å². The van der Waals surface area contributed by atoms with Crippen LogP contribution in [0.3, 0.4) is 0 Å². The Balaban J connectivity index is 1.97. The van der Waals surface area contributed by atoms with Crippen LogP contribution in [0.5, 0.6) is 0 Å². The molecular formula is C29H37N5O. The number of hydrogen-bond donors (Lipinski definition) is 1. The first-order valence-electron chi connectivity index (χ1n) is 12.6. The van der Waals surface area contributed by atoms with Gasteiger partial charge in [-0.1, -0.05) is 45.9 Å². The molecule has 0 bridgehead atoms. The van der Waals surface area contributed by atoms with Crippen molar-refractivity contribution in [3.63, 3.8) is 0 Å². The van der Waals surface area contributed by atoms with Crippen molar-refractivity contribution in [3.05, 3.63) is 65.1 Å². The number of nitrogens with zero attached hydrogens (tertiary/aromatic N) is 5. The summed E-state index contributed by atoms with van der Waals surface area (Å²) >= 11 is 0. The first-order chi connectivity index (χ1) is 16.7. The molecule has 4 rings (SSSR count). The van der Waals surface area contributed by atoms with Crippen molar-refractivity contribution in [3.8, 4) is 17.1 Å². The van der Waals surface area contributed by atoms with Crippen LogP contribution in [-0.4, -0.2) is 38.7 Å². The van der Waals surface area contributed by atoms with Crippen LogP contribution in [0.2, 0.25) is 0 Å². The normalized spacial score (nSPS) is 12.5.